The molecule has 0 saturated carbocycles. The maximum Gasteiger partial charge on any atom is 0.333 e. The molecule has 3 atom stereocenters. The van der Waals surface area contributed by atoms with E-state index in [1.807, 2.05) is 0 Å². The number of ether oxygens (including phenoxy) is 2. The SMILES string of the molecule is C=C(C)C(=O)OCC(CO)CCCCC1CCC(CCc2ccc3cc(CCCCC)ccc3c2)CO1. The lowest BCUT2D eigenvalue weighted by atomic mass is 9.90. The molecule has 204 valence electrons. The normalized spacial score (nSPS) is 18.6. The number of hydrogen-bond donors (Lipinski definition) is 1. The van der Waals surface area contributed by atoms with Crippen LogP contribution in [0.4, 0.5) is 0 Å². The third-order valence-corrected chi connectivity index (χ3v) is 7.79. The van der Waals surface area contributed by atoms with Gasteiger partial charge in [-0.2, -0.15) is 0 Å². The molecule has 2 aromatic carbocycles. The summed E-state index contributed by atoms with van der Waals surface area (Å²) in [6.07, 6.45) is 14.1. The van der Waals surface area contributed by atoms with Crippen LogP contribution in [-0.2, 0) is 27.1 Å². The standard InChI is InChI=1S/C33H48O4/c1-4-5-6-9-26-14-17-31-21-27(15-18-30(31)20-26)12-13-28-16-19-32(36-23-28)11-8-7-10-29(22-34)24-37-33(35)25(2)3/h14-15,17-18,20-21,28-29,32,34H,2,4-13,16,19,22-24H2,1,3H3. The van der Waals surface area contributed by atoms with E-state index in [4.69, 9.17) is 9.47 Å². The highest BCUT2D eigenvalue weighted by molar-refractivity contribution is 5.87. The van der Waals surface area contributed by atoms with Crippen LogP contribution in [-0.4, -0.2) is 37.0 Å². The minimum absolute atomic E-state index is 0.00269. The molecule has 4 nitrogen and oxygen atoms in total. The van der Waals surface area contributed by atoms with Crippen LogP contribution >= 0.6 is 0 Å². The number of hydrogen-bond acceptors (Lipinski definition) is 4. The van der Waals surface area contributed by atoms with E-state index in [9.17, 15) is 9.90 Å². The largest absolute Gasteiger partial charge is 0.462 e. The van der Waals surface area contributed by atoms with Crippen molar-refractivity contribution in [1.82, 2.24) is 0 Å². The highest BCUT2D eigenvalue weighted by Crippen LogP contribution is 2.27. The van der Waals surface area contributed by atoms with Crippen molar-refractivity contribution in [2.75, 3.05) is 19.8 Å². The highest BCUT2D eigenvalue weighted by Gasteiger charge is 2.21. The third-order valence-electron chi connectivity index (χ3n) is 7.79. The van der Waals surface area contributed by atoms with Gasteiger partial charge in [0, 0.05) is 24.7 Å². The highest BCUT2D eigenvalue weighted by atomic mass is 16.5. The fraction of sp³-hybridized carbons (Fsp3) is 0.606. The van der Waals surface area contributed by atoms with Crippen molar-refractivity contribution in [3.63, 3.8) is 0 Å². The van der Waals surface area contributed by atoms with Crippen LogP contribution in [0.15, 0.2) is 48.6 Å². The van der Waals surface area contributed by atoms with Crippen LogP contribution in [0, 0.1) is 11.8 Å². The minimum Gasteiger partial charge on any atom is -0.462 e. The monoisotopic (exact) mass is 508 g/mol. The van der Waals surface area contributed by atoms with E-state index in [1.54, 1.807) is 6.92 Å². The number of aryl methyl sites for hydroxylation is 2. The van der Waals surface area contributed by atoms with Gasteiger partial charge in [0.2, 0.25) is 0 Å². The fourth-order valence-corrected chi connectivity index (χ4v) is 5.27. The van der Waals surface area contributed by atoms with Gasteiger partial charge < -0.3 is 14.6 Å². The molecule has 3 rings (SSSR count). The average Bonchev–Trinajstić information content (AvgIpc) is 2.92. The van der Waals surface area contributed by atoms with Crippen molar-refractivity contribution in [2.24, 2.45) is 11.8 Å². The molecule has 2 aromatic rings. The van der Waals surface area contributed by atoms with E-state index in [2.05, 4.69) is 49.9 Å². The molecule has 1 heterocycles. The number of rotatable bonds is 16. The van der Waals surface area contributed by atoms with Crippen LogP contribution in [0.3, 0.4) is 0 Å². The molecule has 3 unspecified atom stereocenters. The lowest BCUT2D eigenvalue weighted by molar-refractivity contribution is -0.140. The summed E-state index contributed by atoms with van der Waals surface area (Å²) in [6, 6.07) is 13.9. The first-order valence-corrected chi connectivity index (χ1v) is 14.5. The Kier molecular flexibility index (Phi) is 12.7. The minimum atomic E-state index is -0.379. The first-order valence-electron chi connectivity index (χ1n) is 14.5. The number of unbranched alkanes of at least 4 members (excludes halogenated alkanes) is 3. The van der Waals surface area contributed by atoms with E-state index in [0.29, 0.717) is 17.6 Å². The van der Waals surface area contributed by atoms with E-state index in [1.165, 1.54) is 60.4 Å². The third kappa shape index (κ3) is 10.2. The van der Waals surface area contributed by atoms with Gasteiger partial charge in [0.15, 0.2) is 0 Å². The predicted molar refractivity (Wildman–Crippen MR) is 153 cm³/mol. The number of aliphatic hydroxyl groups excluding tert-OH is 1. The Morgan fingerprint density at radius 1 is 1.03 bits per heavy atom. The summed E-state index contributed by atoms with van der Waals surface area (Å²) in [6.45, 7) is 8.66. The summed E-state index contributed by atoms with van der Waals surface area (Å²) >= 11 is 0. The smallest absolute Gasteiger partial charge is 0.333 e. The van der Waals surface area contributed by atoms with Gasteiger partial charge in [0.1, 0.15) is 0 Å². The Morgan fingerprint density at radius 2 is 1.76 bits per heavy atom. The molecule has 0 aromatic heterocycles. The Bertz CT molecular complexity index is 973. The Balaban J connectivity index is 1.31. The summed E-state index contributed by atoms with van der Waals surface area (Å²) in [7, 11) is 0. The maximum atomic E-state index is 11.5. The number of benzene rings is 2. The molecule has 1 aliphatic heterocycles. The molecular weight excluding hydrogens is 460 g/mol. The molecule has 37 heavy (non-hydrogen) atoms. The van der Waals surface area contributed by atoms with Crippen LogP contribution < -0.4 is 0 Å². The van der Waals surface area contributed by atoms with Gasteiger partial charge in [0.05, 0.1) is 12.7 Å². The molecule has 0 aliphatic carbocycles. The second-order valence-corrected chi connectivity index (χ2v) is 11.1. The first kappa shape index (κ1) is 29.4. The number of aliphatic hydroxyl groups is 1. The Hall–Kier alpha value is -2.17. The second kappa shape index (κ2) is 15.9. The van der Waals surface area contributed by atoms with E-state index >= 15 is 0 Å². The van der Waals surface area contributed by atoms with E-state index < -0.39 is 0 Å². The molecular formula is C33H48O4. The Labute approximate surface area is 224 Å². The zero-order valence-electron chi connectivity index (χ0n) is 23.2. The van der Waals surface area contributed by atoms with Gasteiger partial charge >= 0.3 is 5.97 Å². The lowest BCUT2D eigenvalue weighted by Crippen LogP contribution is -2.26. The molecule has 0 spiro atoms. The lowest BCUT2D eigenvalue weighted by Gasteiger charge is -2.29. The van der Waals surface area contributed by atoms with Crippen molar-refractivity contribution < 1.29 is 19.4 Å². The van der Waals surface area contributed by atoms with Crippen LogP contribution in [0.5, 0.6) is 0 Å². The summed E-state index contributed by atoms with van der Waals surface area (Å²) in [5, 5.41) is 12.3. The topological polar surface area (TPSA) is 55.8 Å². The number of carbonyl (C=O) groups is 1. The number of carbonyl (C=O) groups excluding carboxylic acids is 1. The molecule has 1 saturated heterocycles. The molecule has 1 N–H and O–H groups in total. The summed E-state index contributed by atoms with van der Waals surface area (Å²) < 4.78 is 11.4. The maximum absolute atomic E-state index is 11.5. The molecule has 0 radical (unpaired) electrons. The molecule has 1 aliphatic rings. The number of esters is 1. The average molecular weight is 509 g/mol. The van der Waals surface area contributed by atoms with Gasteiger partial charge in [-0.05, 0) is 86.1 Å². The van der Waals surface area contributed by atoms with Crippen LogP contribution in [0.1, 0.15) is 89.2 Å². The van der Waals surface area contributed by atoms with Crippen molar-refractivity contribution >= 4 is 16.7 Å². The van der Waals surface area contributed by atoms with Gasteiger partial charge in [0.25, 0.3) is 0 Å². The fourth-order valence-electron chi connectivity index (χ4n) is 5.27. The van der Waals surface area contributed by atoms with Crippen LogP contribution in [0.2, 0.25) is 0 Å². The zero-order valence-corrected chi connectivity index (χ0v) is 23.2. The van der Waals surface area contributed by atoms with Crippen molar-refractivity contribution in [1.29, 1.82) is 0 Å². The van der Waals surface area contributed by atoms with Crippen molar-refractivity contribution in [2.45, 2.75) is 97.0 Å². The molecule has 0 bridgehead atoms. The zero-order chi connectivity index (χ0) is 26.5. The van der Waals surface area contributed by atoms with Gasteiger partial charge in [-0.25, -0.2) is 4.79 Å². The first-order chi connectivity index (χ1) is 18.0. The van der Waals surface area contributed by atoms with E-state index in [-0.39, 0.29) is 25.1 Å². The van der Waals surface area contributed by atoms with E-state index in [0.717, 1.165) is 45.1 Å². The summed E-state index contributed by atoms with van der Waals surface area (Å²) in [4.78, 5) is 11.5. The van der Waals surface area contributed by atoms with Crippen molar-refractivity contribution in [3.8, 4) is 0 Å². The molecule has 0 amide bonds. The van der Waals surface area contributed by atoms with Gasteiger partial charge in [-0.15, -0.1) is 0 Å². The van der Waals surface area contributed by atoms with Crippen molar-refractivity contribution in [3.05, 3.63) is 59.7 Å². The second-order valence-electron chi connectivity index (χ2n) is 11.1. The molecule has 4 heteroatoms. The van der Waals surface area contributed by atoms with Gasteiger partial charge in [-0.1, -0.05) is 75.6 Å². The van der Waals surface area contributed by atoms with Gasteiger partial charge in [-0.3, -0.25) is 0 Å². The Morgan fingerprint density at radius 3 is 2.38 bits per heavy atom. The van der Waals surface area contributed by atoms with Crippen LogP contribution in [0.25, 0.3) is 10.8 Å². The quantitative estimate of drug-likeness (QED) is 0.144. The summed E-state index contributed by atoms with van der Waals surface area (Å²) in [5.41, 5.74) is 3.29. The number of fused-ring (bicyclic) bond motifs is 1. The predicted octanol–water partition coefficient (Wildman–Crippen LogP) is 7.59. The molecule has 1 fully saturated rings. The summed E-state index contributed by atoms with van der Waals surface area (Å²) in [5.74, 6) is 0.272.